The van der Waals surface area contributed by atoms with Gasteiger partial charge in [0.2, 0.25) is 12.0 Å². The van der Waals surface area contributed by atoms with Crippen molar-refractivity contribution in [2.24, 2.45) is 0 Å². The monoisotopic (exact) mass is 290 g/mol. The Morgan fingerprint density at radius 3 is 2.90 bits per heavy atom. The first kappa shape index (κ1) is 13.7. The highest BCUT2D eigenvalue weighted by molar-refractivity contribution is 5.89. The number of fused-ring (bicyclic) bond motifs is 1. The van der Waals surface area contributed by atoms with Gasteiger partial charge >= 0.3 is 0 Å². The Morgan fingerprint density at radius 1 is 1.24 bits per heavy atom. The zero-order chi connectivity index (χ0) is 14.7. The number of hydrogen-bond acceptors (Lipinski definition) is 4. The molecule has 0 bridgehead atoms. The van der Waals surface area contributed by atoms with Crippen LogP contribution < -0.4 is 20.1 Å². The van der Waals surface area contributed by atoms with E-state index in [1.54, 1.807) is 12.1 Å². The summed E-state index contributed by atoms with van der Waals surface area (Å²) >= 11 is 0. The molecule has 6 nitrogen and oxygen atoms in total. The second-order valence-corrected chi connectivity index (χ2v) is 5.21. The third-order valence-corrected chi connectivity index (χ3v) is 3.65. The molecule has 0 spiro atoms. The van der Waals surface area contributed by atoms with Crippen molar-refractivity contribution < 1.29 is 19.1 Å². The summed E-state index contributed by atoms with van der Waals surface area (Å²) in [5.41, 5.74) is 0. The van der Waals surface area contributed by atoms with E-state index in [9.17, 15) is 9.59 Å². The minimum absolute atomic E-state index is 0.127. The third-order valence-electron chi connectivity index (χ3n) is 3.65. The molecule has 0 unspecified atom stereocenters. The van der Waals surface area contributed by atoms with Gasteiger partial charge < -0.3 is 20.1 Å². The zero-order valence-corrected chi connectivity index (χ0v) is 11.6. The molecule has 112 valence electrons. The van der Waals surface area contributed by atoms with E-state index >= 15 is 0 Å². The van der Waals surface area contributed by atoms with Gasteiger partial charge in [0.05, 0.1) is 0 Å². The molecule has 0 aromatic heterocycles. The van der Waals surface area contributed by atoms with E-state index in [4.69, 9.17) is 9.47 Å². The summed E-state index contributed by atoms with van der Waals surface area (Å²) in [6.45, 7) is 0.818. The second-order valence-electron chi connectivity index (χ2n) is 5.21. The molecule has 1 aromatic carbocycles. The van der Waals surface area contributed by atoms with E-state index in [0.29, 0.717) is 24.5 Å². The molecule has 1 saturated heterocycles. The van der Waals surface area contributed by atoms with Crippen LogP contribution in [0.4, 0.5) is 0 Å². The molecule has 6 heteroatoms. The van der Waals surface area contributed by atoms with Gasteiger partial charge in [-0.05, 0) is 31.4 Å². The van der Waals surface area contributed by atoms with Crippen molar-refractivity contribution in [2.45, 2.75) is 31.4 Å². The summed E-state index contributed by atoms with van der Waals surface area (Å²) in [6.07, 6.45) is 1.78. The minimum atomic E-state index is -0.726. The lowest BCUT2D eigenvalue weighted by Crippen LogP contribution is -2.52. The minimum Gasteiger partial charge on any atom is -0.485 e. The van der Waals surface area contributed by atoms with Crippen LogP contribution in [-0.4, -0.2) is 37.1 Å². The summed E-state index contributed by atoms with van der Waals surface area (Å²) < 4.78 is 11.1. The number of para-hydroxylation sites is 2. The maximum Gasteiger partial charge on any atom is 0.265 e. The molecule has 2 heterocycles. The smallest absolute Gasteiger partial charge is 0.265 e. The summed E-state index contributed by atoms with van der Waals surface area (Å²) in [4.78, 5) is 24.1. The van der Waals surface area contributed by atoms with Gasteiger partial charge in [-0.2, -0.15) is 0 Å². The number of nitrogens with one attached hydrogen (secondary N) is 2. The van der Waals surface area contributed by atoms with Crippen molar-refractivity contribution in [2.75, 3.05) is 13.2 Å². The van der Waals surface area contributed by atoms with E-state index < -0.39 is 12.1 Å². The molecule has 3 rings (SSSR count). The average Bonchev–Trinajstić information content (AvgIpc) is 2.72. The van der Waals surface area contributed by atoms with Crippen molar-refractivity contribution in [3.05, 3.63) is 24.3 Å². The van der Waals surface area contributed by atoms with Gasteiger partial charge in [0, 0.05) is 6.54 Å². The van der Waals surface area contributed by atoms with Gasteiger partial charge in [-0.15, -0.1) is 0 Å². The van der Waals surface area contributed by atoms with E-state index in [1.807, 2.05) is 12.1 Å². The first-order valence-corrected chi connectivity index (χ1v) is 7.20. The fourth-order valence-corrected chi connectivity index (χ4v) is 2.49. The summed E-state index contributed by atoms with van der Waals surface area (Å²) in [5.74, 6) is 0.743. The number of benzene rings is 1. The Kier molecular flexibility index (Phi) is 3.94. The van der Waals surface area contributed by atoms with Crippen molar-refractivity contribution in [1.29, 1.82) is 0 Å². The molecule has 2 aliphatic heterocycles. The van der Waals surface area contributed by atoms with Gasteiger partial charge in [0.15, 0.2) is 11.5 Å². The second kappa shape index (κ2) is 6.03. The molecule has 0 aliphatic carbocycles. The molecular weight excluding hydrogens is 272 g/mol. The molecule has 1 aromatic rings. The first-order chi connectivity index (χ1) is 10.2. The summed E-state index contributed by atoms with van der Waals surface area (Å²) in [6, 6.07) is 6.73. The molecule has 21 heavy (non-hydrogen) atoms. The number of hydrogen-bond donors (Lipinski definition) is 2. The number of ether oxygens (including phenoxy) is 2. The van der Waals surface area contributed by atoms with Crippen LogP contribution >= 0.6 is 0 Å². The SMILES string of the molecule is O=C1NCCCC[C@H]1NC(=O)[C@H]1COc2ccccc2O1. The van der Waals surface area contributed by atoms with Crippen LogP contribution in [0.1, 0.15) is 19.3 Å². The Hall–Kier alpha value is -2.24. The van der Waals surface area contributed by atoms with E-state index in [2.05, 4.69) is 10.6 Å². The maximum atomic E-state index is 12.2. The normalized spacial score (nSPS) is 24.7. The molecule has 2 aliphatic rings. The van der Waals surface area contributed by atoms with Crippen LogP contribution in [-0.2, 0) is 9.59 Å². The third kappa shape index (κ3) is 3.09. The number of carbonyl (C=O) groups excluding carboxylic acids is 2. The van der Waals surface area contributed by atoms with Crippen molar-refractivity contribution in [3.8, 4) is 11.5 Å². The molecule has 2 N–H and O–H groups in total. The lowest BCUT2D eigenvalue weighted by atomic mass is 10.1. The van der Waals surface area contributed by atoms with Gasteiger partial charge in [-0.25, -0.2) is 0 Å². The molecule has 0 saturated carbocycles. The van der Waals surface area contributed by atoms with E-state index in [-0.39, 0.29) is 18.4 Å². The Morgan fingerprint density at radius 2 is 2.05 bits per heavy atom. The van der Waals surface area contributed by atoms with Gasteiger partial charge in [-0.3, -0.25) is 9.59 Å². The maximum absolute atomic E-state index is 12.2. The number of amides is 2. The van der Waals surface area contributed by atoms with E-state index in [1.165, 1.54) is 0 Å². The Balaban J connectivity index is 1.62. The Labute approximate surface area is 122 Å². The topological polar surface area (TPSA) is 76.7 Å². The zero-order valence-electron chi connectivity index (χ0n) is 11.6. The van der Waals surface area contributed by atoms with Crippen molar-refractivity contribution >= 4 is 11.8 Å². The van der Waals surface area contributed by atoms with Crippen LogP contribution in [0.5, 0.6) is 11.5 Å². The molecule has 1 fully saturated rings. The van der Waals surface area contributed by atoms with Crippen LogP contribution in [0.3, 0.4) is 0 Å². The average molecular weight is 290 g/mol. The largest absolute Gasteiger partial charge is 0.485 e. The predicted molar refractivity (Wildman–Crippen MR) is 75.1 cm³/mol. The first-order valence-electron chi connectivity index (χ1n) is 7.20. The molecule has 0 radical (unpaired) electrons. The van der Waals surface area contributed by atoms with Crippen LogP contribution in [0.25, 0.3) is 0 Å². The van der Waals surface area contributed by atoms with Crippen LogP contribution in [0.2, 0.25) is 0 Å². The quantitative estimate of drug-likeness (QED) is 0.837. The standard InChI is InChI=1S/C15H18N2O4/c18-14-10(5-3-4-8-16-14)17-15(19)13-9-20-11-6-1-2-7-12(11)21-13/h1-2,6-7,10,13H,3-5,8-9H2,(H,16,18)(H,17,19)/t10-,13-/m1/s1. The molecule has 2 amide bonds. The predicted octanol–water partition coefficient (Wildman–Crippen LogP) is 0.611. The molecular formula is C15H18N2O4. The van der Waals surface area contributed by atoms with Crippen LogP contribution in [0.15, 0.2) is 24.3 Å². The highest BCUT2D eigenvalue weighted by Crippen LogP contribution is 2.30. The van der Waals surface area contributed by atoms with Gasteiger partial charge in [0.1, 0.15) is 12.6 Å². The Bertz CT molecular complexity index is 546. The molecule has 2 atom stereocenters. The van der Waals surface area contributed by atoms with Crippen LogP contribution in [0, 0.1) is 0 Å². The highest BCUT2D eigenvalue weighted by Gasteiger charge is 2.31. The van der Waals surface area contributed by atoms with Crippen molar-refractivity contribution in [1.82, 2.24) is 10.6 Å². The van der Waals surface area contributed by atoms with Gasteiger partial charge in [0.25, 0.3) is 5.91 Å². The lowest BCUT2D eigenvalue weighted by molar-refractivity contribution is -0.134. The van der Waals surface area contributed by atoms with E-state index in [0.717, 1.165) is 12.8 Å². The van der Waals surface area contributed by atoms with Crippen molar-refractivity contribution in [3.63, 3.8) is 0 Å². The number of rotatable bonds is 2. The van der Waals surface area contributed by atoms with Gasteiger partial charge in [-0.1, -0.05) is 12.1 Å². The summed E-state index contributed by atoms with van der Waals surface area (Å²) in [5, 5.41) is 5.55. The fourth-order valence-electron chi connectivity index (χ4n) is 2.49. The number of carbonyl (C=O) groups is 2. The fraction of sp³-hybridized carbons (Fsp3) is 0.467. The lowest BCUT2D eigenvalue weighted by Gasteiger charge is -2.26. The highest BCUT2D eigenvalue weighted by atomic mass is 16.6. The summed E-state index contributed by atoms with van der Waals surface area (Å²) in [7, 11) is 0.